The Kier molecular flexibility index (Phi) is 3.15. The van der Waals surface area contributed by atoms with Crippen molar-refractivity contribution in [3.63, 3.8) is 0 Å². The standard InChI is InChI=1S/C11H10BrFN2O2/c12-7-1-2-9(8(13)4-7)15-5-6(11(14)17)3-10(15)16/h1-2,4,6H,3,5H2,(H2,14,17)/t6-/m0/s1. The van der Waals surface area contributed by atoms with Gasteiger partial charge in [0.1, 0.15) is 5.82 Å². The van der Waals surface area contributed by atoms with Crippen LogP contribution in [-0.4, -0.2) is 18.4 Å². The lowest BCUT2D eigenvalue weighted by atomic mass is 10.1. The van der Waals surface area contributed by atoms with Gasteiger partial charge >= 0.3 is 0 Å². The van der Waals surface area contributed by atoms with Gasteiger partial charge in [-0.2, -0.15) is 0 Å². The van der Waals surface area contributed by atoms with E-state index in [0.717, 1.165) is 0 Å². The number of benzene rings is 1. The van der Waals surface area contributed by atoms with Gasteiger partial charge in [0.2, 0.25) is 11.8 Å². The van der Waals surface area contributed by atoms with E-state index in [9.17, 15) is 14.0 Å². The van der Waals surface area contributed by atoms with Crippen LogP contribution in [-0.2, 0) is 9.59 Å². The van der Waals surface area contributed by atoms with Crippen molar-refractivity contribution >= 4 is 33.4 Å². The van der Waals surface area contributed by atoms with E-state index in [-0.39, 0.29) is 24.6 Å². The van der Waals surface area contributed by atoms with Gasteiger partial charge in [-0.15, -0.1) is 0 Å². The molecule has 0 bridgehead atoms. The highest BCUT2D eigenvalue weighted by Crippen LogP contribution is 2.28. The summed E-state index contributed by atoms with van der Waals surface area (Å²) < 4.78 is 14.3. The Morgan fingerprint density at radius 3 is 2.76 bits per heavy atom. The molecule has 0 unspecified atom stereocenters. The minimum Gasteiger partial charge on any atom is -0.369 e. The summed E-state index contributed by atoms with van der Waals surface area (Å²) in [5.74, 6) is -1.85. The lowest BCUT2D eigenvalue weighted by Gasteiger charge is -2.17. The molecule has 1 aliphatic rings. The molecule has 0 radical (unpaired) electrons. The lowest BCUT2D eigenvalue weighted by molar-refractivity contribution is -0.123. The highest BCUT2D eigenvalue weighted by atomic mass is 79.9. The summed E-state index contributed by atoms with van der Waals surface area (Å²) in [6.45, 7) is 0.146. The molecule has 1 heterocycles. The number of anilines is 1. The van der Waals surface area contributed by atoms with Crippen molar-refractivity contribution < 1.29 is 14.0 Å². The predicted molar refractivity (Wildman–Crippen MR) is 63.8 cm³/mol. The number of nitrogens with zero attached hydrogens (tertiary/aromatic N) is 1. The van der Waals surface area contributed by atoms with Gasteiger partial charge in [-0.1, -0.05) is 15.9 Å². The van der Waals surface area contributed by atoms with E-state index in [4.69, 9.17) is 5.73 Å². The third-order valence-corrected chi connectivity index (χ3v) is 3.22. The van der Waals surface area contributed by atoms with E-state index in [0.29, 0.717) is 4.47 Å². The molecule has 0 spiro atoms. The fourth-order valence-electron chi connectivity index (χ4n) is 1.83. The van der Waals surface area contributed by atoms with E-state index < -0.39 is 17.6 Å². The zero-order chi connectivity index (χ0) is 12.6. The third-order valence-electron chi connectivity index (χ3n) is 2.73. The number of halogens is 2. The minimum atomic E-state index is -0.537. The summed E-state index contributed by atoms with van der Waals surface area (Å²) in [7, 11) is 0. The van der Waals surface area contributed by atoms with Crippen LogP contribution in [0.15, 0.2) is 22.7 Å². The maximum Gasteiger partial charge on any atom is 0.227 e. The summed E-state index contributed by atoms with van der Waals surface area (Å²) in [6.07, 6.45) is 0.0465. The molecule has 6 heteroatoms. The normalized spacial score (nSPS) is 19.8. The molecule has 0 saturated carbocycles. The van der Waals surface area contributed by atoms with Gasteiger partial charge in [0.05, 0.1) is 11.6 Å². The molecule has 0 aliphatic carbocycles. The smallest absolute Gasteiger partial charge is 0.227 e. The fraction of sp³-hybridized carbons (Fsp3) is 0.273. The SMILES string of the molecule is NC(=O)[C@H]1CC(=O)N(c2ccc(Br)cc2F)C1. The second kappa shape index (κ2) is 4.44. The van der Waals surface area contributed by atoms with Gasteiger partial charge in [0, 0.05) is 17.4 Å². The van der Waals surface area contributed by atoms with E-state index in [2.05, 4.69) is 15.9 Å². The Morgan fingerprint density at radius 1 is 1.53 bits per heavy atom. The molecule has 90 valence electrons. The van der Waals surface area contributed by atoms with Gasteiger partial charge in [0.15, 0.2) is 0 Å². The zero-order valence-corrected chi connectivity index (χ0v) is 10.4. The molecular formula is C11H10BrFN2O2. The summed E-state index contributed by atoms with van der Waals surface area (Å²) in [5.41, 5.74) is 5.33. The Bertz CT molecular complexity index is 492. The molecule has 2 amide bonds. The van der Waals surface area contributed by atoms with Crippen LogP contribution >= 0.6 is 15.9 Å². The highest BCUT2D eigenvalue weighted by Gasteiger charge is 2.34. The molecule has 1 aromatic carbocycles. The molecule has 1 aromatic rings. The third kappa shape index (κ3) is 2.31. The first-order valence-electron chi connectivity index (χ1n) is 5.04. The van der Waals surface area contributed by atoms with Crippen LogP contribution in [0.3, 0.4) is 0 Å². The van der Waals surface area contributed by atoms with Crippen LogP contribution in [0.25, 0.3) is 0 Å². The molecule has 1 atom stereocenters. The first-order valence-corrected chi connectivity index (χ1v) is 5.83. The number of carbonyl (C=O) groups is 2. The van der Waals surface area contributed by atoms with Crippen LogP contribution in [0.5, 0.6) is 0 Å². The average molecular weight is 301 g/mol. The average Bonchev–Trinajstić information content (AvgIpc) is 2.61. The number of amides is 2. The molecular weight excluding hydrogens is 291 g/mol. The van der Waals surface area contributed by atoms with Crippen LogP contribution in [0, 0.1) is 11.7 Å². The first-order chi connectivity index (χ1) is 7.99. The quantitative estimate of drug-likeness (QED) is 0.898. The number of rotatable bonds is 2. The first kappa shape index (κ1) is 12.0. The Balaban J connectivity index is 2.29. The van der Waals surface area contributed by atoms with Crippen LogP contribution in [0.4, 0.5) is 10.1 Å². The molecule has 1 saturated heterocycles. The Labute approximate surface area is 106 Å². The fourth-order valence-corrected chi connectivity index (χ4v) is 2.16. The maximum absolute atomic E-state index is 13.7. The van der Waals surface area contributed by atoms with E-state index in [1.807, 2.05) is 0 Å². The molecule has 2 N–H and O–H groups in total. The number of nitrogens with two attached hydrogens (primary N) is 1. The van der Waals surface area contributed by atoms with Crippen LogP contribution in [0.2, 0.25) is 0 Å². The molecule has 0 aromatic heterocycles. The number of carbonyl (C=O) groups excluding carboxylic acids is 2. The van der Waals surface area contributed by atoms with Crippen molar-refractivity contribution in [1.82, 2.24) is 0 Å². The van der Waals surface area contributed by atoms with Crippen molar-refractivity contribution in [3.05, 3.63) is 28.5 Å². The summed E-state index contributed by atoms with van der Waals surface area (Å²) in [4.78, 5) is 23.9. The summed E-state index contributed by atoms with van der Waals surface area (Å²) in [6, 6.07) is 4.42. The van der Waals surface area contributed by atoms with Gasteiger partial charge in [-0.3, -0.25) is 9.59 Å². The Hall–Kier alpha value is -1.43. The van der Waals surface area contributed by atoms with Crippen molar-refractivity contribution in [2.24, 2.45) is 11.7 Å². The van der Waals surface area contributed by atoms with Gasteiger partial charge in [-0.05, 0) is 18.2 Å². The molecule has 4 nitrogen and oxygen atoms in total. The lowest BCUT2D eigenvalue weighted by Crippen LogP contribution is -2.28. The minimum absolute atomic E-state index is 0.0465. The maximum atomic E-state index is 13.7. The number of hydrogen-bond acceptors (Lipinski definition) is 2. The van der Waals surface area contributed by atoms with Crippen LogP contribution in [0.1, 0.15) is 6.42 Å². The highest BCUT2D eigenvalue weighted by molar-refractivity contribution is 9.10. The largest absolute Gasteiger partial charge is 0.369 e. The topological polar surface area (TPSA) is 63.4 Å². The number of primary amides is 1. The Morgan fingerprint density at radius 2 is 2.24 bits per heavy atom. The summed E-state index contributed by atoms with van der Waals surface area (Å²) >= 11 is 3.14. The molecule has 17 heavy (non-hydrogen) atoms. The predicted octanol–water partition coefficient (Wildman–Crippen LogP) is 1.43. The molecule has 1 aliphatic heterocycles. The summed E-state index contributed by atoms with van der Waals surface area (Å²) in [5, 5.41) is 0. The van der Waals surface area contributed by atoms with E-state index in [1.54, 1.807) is 6.07 Å². The van der Waals surface area contributed by atoms with Crippen LogP contribution < -0.4 is 10.6 Å². The monoisotopic (exact) mass is 300 g/mol. The van der Waals surface area contributed by atoms with Crippen molar-refractivity contribution in [3.8, 4) is 0 Å². The second-order valence-corrected chi connectivity index (χ2v) is 4.82. The van der Waals surface area contributed by atoms with E-state index >= 15 is 0 Å². The van der Waals surface area contributed by atoms with Gasteiger partial charge in [-0.25, -0.2) is 4.39 Å². The molecule has 2 rings (SSSR count). The van der Waals surface area contributed by atoms with Gasteiger partial charge < -0.3 is 10.6 Å². The number of hydrogen-bond donors (Lipinski definition) is 1. The van der Waals surface area contributed by atoms with Gasteiger partial charge in [0.25, 0.3) is 0 Å². The van der Waals surface area contributed by atoms with Crippen molar-refractivity contribution in [2.45, 2.75) is 6.42 Å². The van der Waals surface area contributed by atoms with Crippen molar-refractivity contribution in [1.29, 1.82) is 0 Å². The second-order valence-electron chi connectivity index (χ2n) is 3.90. The molecule has 1 fully saturated rings. The van der Waals surface area contributed by atoms with Crippen molar-refractivity contribution in [2.75, 3.05) is 11.4 Å². The van der Waals surface area contributed by atoms with E-state index in [1.165, 1.54) is 17.0 Å². The zero-order valence-electron chi connectivity index (χ0n) is 8.82.